The molecule has 152 valence electrons. The van der Waals surface area contributed by atoms with Crippen molar-refractivity contribution in [2.75, 3.05) is 25.1 Å². The fourth-order valence-corrected chi connectivity index (χ4v) is 2.84. The Morgan fingerprint density at radius 3 is 2.54 bits per heavy atom. The van der Waals surface area contributed by atoms with E-state index >= 15 is 0 Å². The average molecular weight is 415 g/mol. The Morgan fingerprint density at radius 2 is 2.04 bits per heavy atom. The molecule has 1 heterocycles. The van der Waals surface area contributed by atoms with Crippen LogP contribution in [0.2, 0.25) is 0 Å². The SMILES string of the molecule is CC#C/C=C\N=C(/CS(=O)(=O)CC)c1ccc(C(=O)N(C)CC(F)(F)F)nc1. The number of alkyl halides is 3. The average Bonchev–Trinajstić information content (AvgIpc) is 2.62. The molecule has 1 aromatic rings. The van der Waals surface area contributed by atoms with E-state index in [1.54, 1.807) is 6.92 Å². The predicted molar refractivity (Wildman–Crippen MR) is 101 cm³/mol. The van der Waals surface area contributed by atoms with Crippen molar-refractivity contribution in [1.82, 2.24) is 9.88 Å². The summed E-state index contributed by atoms with van der Waals surface area (Å²) in [7, 11) is -2.38. The van der Waals surface area contributed by atoms with Crippen molar-refractivity contribution in [2.24, 2.45) is 4.99 Å². The number of carbonyl (C=O) groups is 1. The summed E-state index contributed by atoms with van der Waals surface area (Å²) in [4.78, 5) is 20.5. The summed E-state index contributed by atoms with van der Waals surface area (Å²) in [6.45, 7) is 1.73. The first-order chi connectivity index (χ1) is 13.0. The number of pyridine rings is 1. The highest BCUT2D eigenvalue weighted by Gasteiger charge is 2.31. The molecule has 0 unspecified atom stereocenters. The maximum Gasteiger partial charge on any atom is 0.406 e. The summed E-state index contributed by atoms with van der Waals surface area (Å²) in [5.74, 6) is 3.93. The highest BCUT2D eigenvalue weighted by molar-refractivity contribution is 7.92. The molecule has 0 saturated heterocycles. The lowest BCUT2D eigenvalue weighted by Crippen LogP contribution is -2.36. The Kier molecular flexibility index (Phi) is 8.37. The molecule has 1 rings (SSSR count). The van der Waals surface area contributed by atoms with E-state index in [4.69, 9.17) is 0 Å². The van der Waals surface area contributed by atoms with Gasteiger partial charge in [0.25, 0.3) is 5.91 Å². The molecular weight excluding hydrogens is 395 g/mol. The van der Waals surface area contributed by atoms with Gasteiger partial charge in [-0.25, -0.2) is 8.42 Å². The van der Waals surface area contributed by atoms with Crippen LogP contribution in [0.15, 0.2) is 35.6 Å². The molecule has 0 aliphatic carbocycles. The van der Waals surface area contributed by atoms with Gasteiger partial charge in [0.05, 0.1) is 11.5 Å². The number of aromatic nitrogens is 1. The maximum atomic E-state index is 12.4. The van der Waals surface area contributed by atoms with E-state index in [1.807, 2.05) is 0 Å². The van der Waals surface area contributed by atoms with Gasteiger partial charge in [-0.2, -0.15) is 13.2 Å². The molecule has 0 N–H and O–H groups in total. The minimum atomic E-state index is -4.52. The van der Waals surface area contributed by atoms with E-state index in [9.17, 15) is 26.4 Å². The summed E-state index contributed by atoms with van der Waals surface area (Å²) in [5.41, 5.74) is 0.327. The van der Waals surface area contributed by atoms with E-state index in [0.717, 1.165) is 7.05 Å². The second-order valence-corrected chi connectivity index (χ2v) is 8.02. The van der Waals surface area contributed by atoms with Crippen LogP contribution < -0.4 is 0 Å². The molecule has 10 heteroatoms. The van der Waals surface area contributed by atoms with E-state index in [1.165, 1.54) is 37.5 Å². The lowest BCUT2D eigenvalue weighted by molar-refractivity contribution is -0.138. The van der Waals surface area contributed by atoms with E-state index < -0.39 is 28.5 Å². The Balaban J connectivity index is 3.13. The van der Waals surface area contributed by atoms with E-state index in [-0.39, 0.29) is 22.9 Å². The lowest BCUT2D eigenvalue weighted by atomic mass is 10.2. The summed E-state index contributed by atoms with van der Waals surface area (Å²) in [6.07, 6.45) is -0.534. The van der Waals surface area contributed by atoms with Gasteiger partial charge in [0.2, 0.25) is 0 Å². The van der Waals surface area contributed by atoms with Gasteiger partial charge in [0.1, 0.15) is 12.2 Å². The van der Waals surface area contributed by atoms with Crippen molar-refractivity contribution in [2.45, 2.75) is 20.0 Å². The smallest absolute Gasteiger partial charge is 0.331 e. The van der Waals surface area contributed by atoms with Crippen molar-refractivity contribution in [3.63, 3.8) is 0 Å². The molecule has 0 aliphatic rings. The van der Waals surface area contributed by atoms with Gasteiger partial charge < -0.3 is 4.90 Å². The molecule has 6 nitrogen and oxygen atoms in total. The molecule has 0 aliphatic heterocycles. The summed E-state index contributed by atoms with van der Waals surface area (Å²) in [6, 6.07) is 2.62. The van der Waals surface area contributed by atoms with Gasteiger partial charge in [-0.15, -0.1) is 5.92 Å². The molecule has 0 radical (unpaired) electrons. The largest absolute Gasteiger partial charge is 0.406 e. The van der Waals surface area contributed by atoms with Gasteiger partial charge in [-0.1, -0.05) is 12.8 Å². The number of sulfone groups is 1. The second kappa shape index (κ2) is 10.0. The molecule has 1 amide bonds. The van der Waals surface area contributed by atoms with Gasteiger partial charge in [0.15, 0.2) is 9.84 Å². The first kappa shape index (κ1) is 23.4. The monoisotopic (exact) mass is 415 g/mol. The van der Waals surface area contributed by atoms with E-state index in [2.05, 4.69) is 21.8 Å². The predicted octanol–water partition coefficient (Wildman–Crippen LogP) is 2.48. The molecule has 0 atom stereocenters. The van der Waals surface area contributed by atoms with Crippen LogP contribution in [0.3, 0.4) is 0 Å². The van der Waals surface area contributed by atoms with Gasteiger partial charge in [-0.3, -0.25) is 14.8 Å². The summed E-state index contributed by atoms with van der Waals surface area (Å²) < 4.78 is 61.1. The van der Waals surface area contributed by atoms with Gasteiger partial charge in [-0.05, 0) is 19.1 Å². The van der Waals surface area contributed by atoms with Crippen LogP contribution in [0.5, 0.6) is 0 Å². The second-order valence-electron chi connectivity index (χ2n) is 5.67. The molecular formula is C18H20F3N3O3S. The molecule has 0 saturated carbocycles. The third kappa shape index (κ3) is 7.92. The van der Waals surface area contributed by atoms with Gasteiger partial charge in [0, 0.05) is 36.8 Å². The molecule has 0 aromatic carbocycles. The Labute approximate surface area is 162 Å². The number of hydrogen-bond acceptors (Lipinski definition) is 5. The third-order valence-corrected chi connectivity index (χ3v) is 5.00. The van der Waals surface area contributed by atoms with Crippen LogP contribution in [-0.2, 0) is 9.84 Å². The van der Waals surface area contributed by atoms with Gasteiger partial charge >= 0.3 is 6.18 Å². The minimum Gasteiger partial charge on any atom is -0.331 e. The molecule has 28 heavy (non-hydrogen) atoms. The third-order valence-electron chi connectivity index (χ3n) is 3.41. The van der Waals surface area contributed by atoms with Crippen LogP contribution >= 0.6 is 0 Å². The Bertz CT molecular complexity index is 909. The number of hydrogen-bond donors (Lipinski definition) is 0. The maximum absolute atomic E-state index is 12.4. The first-order valence-electron chi connectivity index (χ1n) is 8.12. The fourth-order valence-electron chi connectivity index (χ4n) is 1.98. The number of amides is 1. The Hall–Kier alpha value is -2.67. The van der Waals surface area contributed by atoms with Crippen molar-refractivity contribution in [3.8, 4) is 11.8 Å². The minimum absolute atomic E-state index is 0.0866. The quantitative estimate of drug-likeness (QED) is 0.506. The van der Waals surface area contributed by atoms with Crippen molar-refractivity contribution in [1.29, 1.82) is 0 Å². The molecule has 0 spiro atoms. The van der Waals surface area contributed by atoms with Crippen LogP contribution in [0.4, 0.5) is 13.2 Å². The van der Waals surface area contributed by atoms with Crippen LogP contribution in [0, 0.1) is 11.8 Å². The summed E-state index contributed by atoms with van der Waals surface area (Å²) in [5, 5.41) is 0. The number of allylic oxidation sites excluding steroid dienone is 1. The number of carbonyl (C=O) groups excluding carboxylic acids is 1. The highest BCUT2D eigenvalue weighted by atomic mass is 32.2. The van der Waals surface area contributed by atoms with Crippen molar-refractivity contribution >= 4 is 21.5 Å². The van der Waals surface area contributed by atoms with Crippen molar-refractivity contribution in [3.05, 3.63) is 41.9 Å². The number of aliphatic imine (C=N–C) groups is 1. The lowest BCUT2D eigenvalue weighted by Gasteiger charge is -2.18. The number of rotatable bonds is 7. The molecule has 0 bridgehead atoms. The zero-order valence-electron chi connectivity index (χ0n) is 15.6. The highest BCUT2D eigenvalue weighted by Crippen LogP contribution is 2.17. The topological polar surface area (TPSA) is 79.7 Å². The van der Waals surface area contributed by atoms with Crippen LogP contribution in [0.1, 0.15) is 29.9 Å². The molecule has 0 fully saturated rings. The zero-order valence-corrected chi connectivity index (χ0v) is 16.4. The van der Waals surface area contributed by atoms with E-state index in [0.29, 0.717) is 10.5 Å². The first-order valence-corrected chi connectivity index (χ1v) is 9.94. The Morgan fingerprint density at radius 1 is 1.36 bits per heavy atom. The zero-order chi connectivity index (χ0) is 21.4. The number of nitrogens with zero attached hydrogens (tertiary/aromatic N) is 3. The number of halogens is 3. The standard InChI is InChI=1S/C18H20F3N3O3S/c1-4-6-7-10-22-16(12-28(26,27)5-2)14-8-9-15(23-11-14)17(25)24(3)13-18(19,20)21/h7-11H,5,12-13H2,1-3H3/b10-7-,22-16+. The van der Waals surface area contributed by atoms with Crippen molar-refractivity contribution < 1.29 is 26.4 Å². The normalized spacial score (nSPS) is 12.6. The summed E-state index contributed by atoms with van der Waals surface area (Å²) >= 11 is 0. The van der Waals surface area contributed by atoms with Crippen LogP contribution in [0.25, 0.3) is 0 Å². The fraction of sp³-hybridized carbons (Fsp3) is 0.389. The van der Waals surface area contributed by atoms with Crippen LogP contribution in [-0.4, -0.2) is 61.2 Å². The molecule has 1 aromatic heterocycles.